The predicted octanol–water partition coefficient (Wildman–Crippen LogP) is 2.53. The normalized spacial score (nSPS) is 11.1. The quantitative estimate of drug-likeness (QED) is 0.942. The summed E-state index contributed by atoms with van der Waals surface area (Å²) in [5.41, 5.74) is 1.20. The first-order valence-electron chi connectivity index (χ1n) is 5.54. The molecule has 5 heteroatoms. The molecule has 0 unspecified atom stereocenters. The first-order valence-corrected chi connectivity index (χ1v) is 6.33. The Bertz CT molecular complexity index is 493. The molecule has 0 atom stereocenters. The Hall–Kier alpha value is -1.20. The number of nitrogens with zero attached hydrogens (tertiary/aromatic N) is 3. The molecule has 0 aliphatic heterocycles. The van der Waals surface area contributed by atoms with Crippen LogP contribution in [0.25, 0.3) is 5.82 Å². The molecule has 0 saturated heterocycles. The van der Waals surface area contributed by atoms with Crippen LogP contribution in [0, 0.1) is 0 Å². The van der Waals surface area contributed by atoms with Crippen LogP contribution in [0.4, 0.5) is 0 Å². The van der Waals surface area contributed by atoms with Gasteiger partial charge in [0, 0.05) is 25.0 Å². The fourth-order valence-corrected chi connectivity index (χ4v) is 1.73. The smallest absolute Gasteiger partial charge is 0.153 e. The number of hydrogen-bond acceptors (Lipinski definition) is 3. The maximum Gasteiger partial charge on any atom is 0.153 e. The van der Waals surface area contributed by atoms with Crippen molar-refractivity contribution in [2.24, 2.45) is 0 Å². The molecular formula is C12H15BrN4. The fraction of sp³-hybridized carbons (Fsp3) is 0.333. The summed E-state index contributed by atoms with van der Waals surface area (Å²) in [5.74, 6) is 0.832. The Morgan fingerprint density at radius 3 is 2.94 bits per heavy atom. The molecule has 0 bridgehead atoms. The highest BCUT2D eigenvalue weighted by Gasteiger charge is 2.02. The zero-order chi connectivity index (χ0) is 12.3. The highest BCUT2D eigenvalue weighted by molar-refractivity contribution is 9.10. The second-order valence-electron chi connectivity index (χ2n) is 4.16. The van der Waals surface area contributed by atoms with E-state index in [1.54, 1.807) is 10.9 Å². The fourth-order valence-electron chi connectivity index (χ4n) is 1.44. The molecule has 2 aromatic heterocycles. The Balaban J connectivity index is 2.16. The van der Waals surface area contributed by atoms with Gasteiger partial charge in [0.05, 0.1) is 10.7 Å². The predicted molar refractivity (Wildman–Crippen MR) is 71.0 cm³/mol. The van der Waals surface area contributed by atoms with Crippen LogP contribution >= 0.6 is 15.9 Å². The maximum atomic E-state index is 4.30. The summed E-state index contributed by atoms with van der Waals surface area (Å²) in [6.07, 6.45) is 5.45. The summed E-state index contributed by atoms with van der Waals surface area (Å²) in [4.78, 5) is 4.30. The topological polar surface area (TPSA) is 42.7 Å². The van der Waals surface area contributed by atoms with Crippen molar-refractivity contribution >= 4 is 15.9 Å². The van der Waals surface area contributed by atoms with Gasteiger partial charge in [-0.2, -0.15) is 5.10 Å². The molecule has 4 nitrogen and oxygen atoms in total. The van der Waals surface area contributed by atoms with Crippen LogP contribution in [0.3, 0.4) is 0 Å². The van der Waals surface area contributed by atoms with Crippen LogP contribution in [0.5, 0.6) is 0 Å². The first kappa shape index (κ1) is 12.3. The third-order valence-corrected chi connectivity index (χ3v) is 2.72. The summed E-state index contributed by atoms with van der Waals surface area (Å²) in [7, 11) is 0. The van der Waals surface area contributed by atoms with E-state index >= 15 is 0 Å². The van der Waals surface area contributed by atoms with Gasteiger partial charge in [0.15, 0.2) is 5.82 Å². The number of halogens is 1. The minimum Gasteiger partial charge on any atom is -0.310 e. The molecule has 0 aliphatic rings. The van der Waals surface area contributed by atoms with Crippen molar-refractivity contribution < 1.29 is 0 Å². The molecular weight excluding hydrogens is 280 g/mol. The summed E-state index contributed by atoms with van der Waals surface area (Å²) in [6, 6.07) is 4.53. The highest BCUT2D eigenvalue weighted by Crippen LogP contribution is 2.11. The lowest BCUT2D eigenvalue weighted by molar-refractivity contribution is 0.588. The molecule has 2 heterocycles. The van der Waals surface area contributed by atoms with Crippen molar-refractivity contribution in [3.05, 3.63) is 40.8 Å². The van der Waals surface area contributed by atoms with E-state index in [1.165, 1.54) is 5.56 Å². The third-order valence-electron chi connectivity index (χ3n) is 2.31. The van der Waals surface area contributed by atoms with E-state index in [-0.39, 0.29) is 0 Å². The molecule has 2 aromatic rings. The average molecular weight is 295 g/mol. The summed E-state index contributed by atoms with van der Waals surface area (Å²) in [6.45, 7) is 5.11. The molecule has 0 aliphatic carbocycles. The van der Waals surface area contributed by atoms with Gasteiger partial charge in [-0.25, -0.2) is 9.67 Å². The molecule has 0 saturated carbocycles. The highest BCUT2D eigenvalue weighted by atomic mass is 79.9. The lowest BCUT2D eigenvalue weighted by Gasteiger charge is -2.08. The van der Waals surface area contributed by atoms with Crippen molar-refractivity contribution in [3.8, 4) is 5.82 Å². The van der Waals surface area contributed by atoms with Crippen LogP contribution in [0.15, 0.2) is 35.2 Å². The van der Waals surface area contributed by atoms with Gasteiger partial charge in [0.25, 0.3) is 0 Å². The van der Waals surface area contributed by atoms with Gasteiger partial charge < -0.3 is 5.32 Å². The molecule has 1 N–H and O–H groups in total. The number of nitrogens with one attached hydrogen (secondary N) is 1. The van der Waals surface area contributed by atoms with Gasteiger partial charge in [-0.15, -0.1) is 0 Å². The lowest BCUT2D eigenvalue weighted by atomic mass is 10.2. The molecule has 0 aromatic carbocycles. The Kier molecular flexibility index (Phi) is 3.91. The zero-order valence-corrected chi connectivity index (χ0v) is 11.5. The number of hydrogen-bond donors (Lipinski definition) is 1. The molecule has 0 fully saturated rings. The van der Waals surface area contributed by atoms with Crippen LogP contribution in [0.1, 0.15) is 19.4 Å². The summed E-state index contributed by atoms with van der Waals surface area (Å²) in [5, 5.41) is 7.59. The van der Waals surface area contributed by atoms with Gasteiger partial charge in [-0.3, -0.25) is 0 Å². The first-order chi connectivity index (χ1) is 8.15. The molecule has 90 valence electrons. The largest absolute Gasteiger partial charge is 0.310 e. The Labute approximate surface area is 109 Å². The van der Waals surface area contributed by atoms with Crippen molar-refractivity contribution in [2.45, 2.75) is 26.4 Å². The molecule has 0 radical (unpaired) electrons. The molecule has 17 heavy (non-hydrogen) atoms. The molecule has 2 rings (SSSR count). The van der Waals surface area contributed by atoms with Crippen molar-refractivity contribution in [3.63, 3.8) is 0 Å². The van der Waals surface area contributed by atoms with Crippen LogP contribution in [-0.2, 0) is 6.54 Å². The van der Waals surface area contributed by atoms with Gasteiger partial charge >= 0.3 is 0 Å². The summed E-state index contributed by atoms with van der Waals surface area (Å²) < 4.78 is 2.70. The van der Waals surface area contributed by atoms with Gasteiger partial charge in [-0.1, -0.05) is 13.8 Å². The molecule has 0 spiro atoms. The van der Waals surface area contributed by atoms with Crippen molar-refractivity contribution in [2.75, 3.05) is 0 Å². The van der Waals surface area contributed by atoms with E-state index in [1.807, 2.05) is 24.5 Å². The van der Waals surface area contributed by atoms with Gasteiger partial charge in [-0.05, 0) is 33.6 Å². The summed E-state index contributed by atoms with van der Waals surface area (Å²) >= 11 is 3.37. The second-order valence-corrected chi connectivity index (χ2v) is 5.08. The number of rotatable bonds is 4. The minimum atomic E-state index is 0.477. The zero-order valence-electron chi connectivity index (χ0n) is 9.89. The van der Waals surface area contributed by atoms with E-state index in [2.05, 4.69) is 45.2 Å². The van der Waals surface area contributed by atoms with E-state index in [9.17, 15) is 0 Å². The Morgan fingerprint density at radius 2 is 2.29 bits per heavy atom. The van der Waals surface area contributed by atoms with E-state index in [0.29, 0.717) is 6.04 Å². The third kappa shape index (κ3) is 3.38. The average Bonchev–Trinajstić information content (AvgIpc) is 2.74. The second kappa shape index (κ2) is 5.42. The van der Waals surface area contributed by atoms with Crippen LogP contribution in [-0.4, -0.2) is 20.8 Å². The van der Waals surface area contributed by atoms with Crippen LogP contribution < -0.4 is 5.32 Å². The van der Waals surface area contributed by atoms with E-state index < -0.39 is 0 Å². The van der Waals surface area contributed by atoms with Gasteiger partial charge in [0.2, 0.25) is 0 Å². The van der Waals surface area contributed by atoms with Crippen molar-refractivity contribution in [1.82, 2.24) is 20.1 Å². The van der Waals surface area contributed by atoms with Crippen molar-refractivity contribution in [1.29, 1.82) is 0 Å². The van der Waals surface area contributed by atoms with E-state index in [0.717, 1.165) is 16.8 Å². The van der Waals surface area contributed by atoms with E-state index in [4.69, 9.17) is 0 Å². The monoisotopic (exact) mass is 294 g/mol. The minimum absolute atomic E-state index is 0.477. The van der Waals surface area contributed by atoms with Gasteiger partial charge in [0.1, 0.15) is 0 Å². The standard InChI is InChI=1S/C12H15BrN4/c1-9(2)15-6-10-3-4-14-12(5-10)17-8-11(13)7-16-17/h3-5,7-9,15H,6H2,1-2H3. The Morgan fingerprint density at radius 1 is 1.47 bits per heavy atom. The van der Waals surface area contributed by atoms with Crippen LogP contribution in [0.2, 0.25) is 0 Å². The number of aromatic nitrogens is 3. The number of pyridine rings is 1. The SMILES string of the molecule is CC(C)NCc1ccnc(-n2cc(Br)cn2)c1. The molecule has 0 amide bonds. The lowest BCUT2D eigenvalue weighted by Crippen LogP contribution is -2.21. The maximum absolute atomic E-state index is 4.30.